The highest BCUT2D eigenvalue weighted by molar-refractivity contribution is 5.21. The molecule has 1 aromatic rings. The average molecular weight is 253 g/mol. The van der Waals surface area contributed by atoms with Gasteiger partial charge in [-0.05, 0) is 49.1 Å². The lowest BCUT2D eigenvalue weighted by atomic mass is 9.82. The molecule has 5 heteroatoms. The molecule has 1 saturated carbocycles. The van der Waals surface area contributed by atoms with Gasteiger partial charge in [-0.25, -0.2) is 0 Å². The zero-order valence-corrected chi connectivity index (χ0v) is 11.1. The van der Waals surface area contributed by atoms with Crippen molar-refractivity contribution in [2.24, 2.45) is 11.8 Å². The van der Waals surface area contributed by atoms with E-state index >= 15 is 0 Å². The van der Waals surface area contributed by atoms with E-state index in [0.717, 1.165) is 32.2 Å². The number of aromatic nitrogens is 2. The minimum Gasteiger partial charge on any atom is -0.396 e. The first kappa shape index (κ1) is 13.3. The highest BCUT2D eigenvalue weighted by atomic mass is 16.5. The summed E-state index contributed by atoms with van der Waals surface area (Å²) in [7, 11) is 0. The summed E-state index contributed by atoms with van der Waals surface area (Å²) < 4.78 is 5.12. The number of aliphatic hydroxyl groups is 1. The molecule has 0 aliphatic heterocycles. The normalized spacial score (nSPS) is 24.1. The SMILES string of the molecule is CCCc1nc(NCC2CCC(CO)CC2)no1. The van der Waals surface area contributed by atoms with Crippen LogP contribution in [0.3, 0.4) is 0 Å². The number of rotatable bonds is 6. The number of nitrogens with one attached hydrogen (secondary N) is 1. The number of hydrogen-bond donors (Lipinski definition) is 2. The van der Waals surface area contributed by atoms with Crippen LogP contribution in [-0.2, 0) is 6.42 Å². The van der Waals surface area contributed by atoms with Gasteiger partial charge in [0.05, 0.1) is 0 Å². The second-order valence-corrected chi connectivity index (χ2v) is 5.21. The quantitative estimate of drug-likeness (QED) is 0.813. The van der Waals surface area contributed by atoms with Crippen molar-refractivity contribution in [2.75, 3.05) is 18.5 Å². The van der Waals surface area contributed by atoms with E-state index < -0.39 is 0 Å². The van der Waals surface area contributed by atoms with Gasteiger partial charge in [-0.1, -0.05) is 6.92 Å². The van der Waals surface area contributed by atoms with Gasteiger partial charge in [0.25, 0.3) is 5.95 Å². The van der Waals surface area contributed by atoms with E-state index in [2.05, 4.69) is 22.4 Å². The Labute approximate surface area is 108 Å². The second-order valence-electron chi connectivity index (χ2n) is 5.21. The van der Waals surface area contributed by atoms with Crippen LogP contribution in [0.25, 0.3) is 0 Å². The van der Waals surface area contributed by atoms with Crippen LogP contribution in [0.15, 0.2) is 4.52 Å². The largest absolute Gasteiger partial charge is 0.396 e. The molecule has 102 valence electrons. The molecule has 0 saturated heterocycles. The minimum absolute atomic E-state index is 0.339. The van der Waals surface area contributed by atoms with E-state index in [4.69, 9.17) is 9.63 Å². The maximum Gasteiger partial charge on any atom is 0.263 e. The third-order valence-electron chi connectivity index (χ3n) is 3.71. The number of nitrogens with zero attached hydrogens (tertiary/aromatic N) is 2. The van der Waals surface area contributed by atoms with Crippen molar-refractivity contribution in [3.63, 3.8) is 0 Å². The summed E-state index contributed by atoms with van der Waals surface area (Å²) >= 11 is 0. The summed E-state index contributed by atoms with van der Waals surface area (Å²) in [5, 5.41) is 16.3. The van der Waals surface area contributed by atoms with Crippen LogP contribution in [0.1, 0.15) is 44.9 Å². The lowest BCUT2D eigenvalue weighted by Gasteiger charge is -2.27. The molecule has 1 aliphatic rings. The zero-order chi connectivity index (χ0) is 12.8. The fraction of sp³-hybridized carbons (Fsp3) is 0.846. The van der Waals surface area contributed by atoms with E-state index in [1.165, 1.54) is 12.8 Å². The molecular formula is C13H23N3O2. The molecule has 2 N–H and O–H groups in total. The molecule has 1 fully saturated rings. The Hall–Kier alpha value is -1.10. The lowest BCUT2D eigenvalue weighted by Crippen LogP contribution is -2.23. The van der Waals surface area contributed by atoms with Crippen molar-refractivity contribution >= 4 is 5.95 Å². The second kappa shape index (κ2) is 6.73. The molecule has 1 aromatic heterocycles. The molecule has 0 amide bonds. The smallest absolute Gasteiger partial charge is 0.263 e. The van der Waals surface area contributed by atoms with Crippen LogP contribution in [0.2, 0.25) is 0 Å². The van der Waals surface area contributed by atoms with Crippen LogP contribution >= 0.6 is 0 Å². The summed E-state index contributed by atoms with van der Waals surface area (Å²) in [6, 6.07) is 0. The first-order chi connectivity index (χ1) is 8.81. The van der Waals surface area contributed by atoms with Crippen molar-refractivity contribution < 1.29 is 9.63 Å². The fourth-order valence-corrected chi connectivity index (χ4v) is 2.50. The topological polar surface area (TPSA) is 71.2 Å². The Balaban J connectivity index is 1.71. The molecule has 5 nitrogen and oxygen atoms in total. The van der Waals surface area contributed by atoms with Gasteiger partial charge in [-0.15, -0.1) is 0 Å². The Morgan fingerprint density at radius 1 is 1.28 bits per heavy atom. The molecule has 2 rings (SSSR count). The predicted octanol–water partition coefficient (Wildman–Crippen LogP) is 2.23. The molecule has 0 radical (unpaired) electrons. The Morgan fingerprint density at radius 3 is 2.67 bits per heavy atom. The van der Waals surface area contributed by atoms with Crippen LogP contribution in [0, 0.1) is 11.8 Å². The van der Waals surface area contributed by atoms with Crippen molar-refractivity contribution in [3.8, 4) is 0 Å². The highest BCUT2D eigenvalue weighted by Crippen LogP contribution is 2.28. The fourth-order valence-electron chi connectivity index (χ4n) is 2.50. The van der Waals surface area contributed by atoms with Crippen LogP contribution in [0.4, 0.5) is 5.95 Å². The number of aliphatic hydroxyl groups excluding tert-OH is 1. The van der Waals surface area contributed by atoms with Gasteiger partial charge < -0.3 is 14.9 Å². The van der Waals surface area contributed by atoms with Crippen molar-refractivity contribution in [1.29, 1.82) is 0 Å². The maximum atomic E-state index is 9.09. The summed E-state index contributed by atoms with van der Waals surface area (Å²) in [5.74, 6) is 2.51. The summed E-state index contributed by atoms with van der Waals surface area (Å²) in [4.78, 5) is 4.29. The van der Waals surface area contributed by atoms with Gasteiger partial charge in [0.2, 0.25) is 5.89 Å². The predicted molar refractivity (Wildman–Crippen MR) is 69.3 cm³/mol. The minimum atomic E-state index is 0.339. The number of aryl methyl sites for hydroxylation is 1. The van der Waals surface area contributed by atoms with Crippen molar-refractivity contribution in [1.82, 2.24) is 10.1 Å². The number of hydrogen-bond acceptors (Lipinski definition) is 5. The standard InChI is InChI=1S/C13H23N3O2/c1-2-3-12-15-13(16-18-12)14-8-10-4-6-11(9-17)7-5-10/h10-11,17H,2-9H2,1H3,(H,14,16). The zero-order valence-electron chi connectivity index (χ0n) is 11.1. The van der Waals surface area contributed by atoms with Gasteiger partial charge in [0.15, 0.2) is 0 Å². The Bertz CT molecular complexity index is 346. The van der Waals surface area contributed by atoms with Crippen LogP contribution < -0.4 is 5.32 Å². The molecular weight excluding hydrogens is 230 g/mol. The van der Waals surface area contributed by atoms with E-state index in [1.807, 2.05) is 0 Å². The van der Waals surface area contributed by atoms with E-state index in [1.54, 1.807) is 0 Å². The molecule has 1 heterocycles. The first-order valence-corrected chi connectivity index (χ1v) is 6.99. The van der Waals surface area contributed by atoms with Crippen molar-refractivity contribution in [2.45, 2.75) is 45.4 Å². The maximum absolute atomic E-state index is 9.09. The molecule has 18 heavy (non-hydrogen) atoms. The van der Waals surface area contributed by atoms with Crippen LogP contribution in [-0.4, -0.2) is 28.4 Å². The number of anilines is 1. The van der Waals surface area contributed by atoms with Gasteiger partial charge in [-0.3, -0.25) is 0 Å². The van der Waals surface area contributed by atoms with E-state index in [9.17, 15) is 0 Å². The Kier molecular flexibility index (Phi) is 4.99. The van der Waals surface area contributed by atoms with E-state index in [-0.39, 0.29) is 0 Å². The summed E-state index contributed by atoms with van der Waals surface area (Å²) in [6.07, 6.45) is 6.49. The van der Waals surface area contributed by atoms with E-state index in [0.29, 0.717) is 30.3 Å². The lowest BCUT2D eigenvalue weighted by molar-refractivity contribution is 0.170. The van der Waals surface area contributed by atoms with Gasteiger partial charge in [-0.2, -0.15) is 4.98 Å². The summed E-state index contributed by atoms with van der Waals surface area (Å²) in [6.45, 7) is 3.34. The molecule has 0 atom stereocenters. The average Bonchev–Trinajstić information content (AvgIpc) is 2.85. The first-order valence-electron chi connectivity index (χ1n) is 6.99. The summed E-state index contributed by atoms with van der Waals surface area (Å²) in [5.41, 5.74) is 0. The molecule has 0 spiro atoms. The van der Waals surface area contributed by atoms with Gasteiger partial charge in [0.1, 0.15) is 0 Å². The molecule has 0 bridgehead atoms. The molecule has 0 unspecified atom stereocenters. The highest BCUT2D eigenvalue weighted by Gasteiger charge is 2.20. The van der Waals surface area contributed by atoms with Crippen LogP contribution in [0.5, 0.6) is 0 Å². The van der Waals surface area contributed by atoms with Crippen molar-refractivity contribution in [3.05, 3.63) is 5.89 Å². The monoisotopic (exact) mass is 253 g/mol. The molecule has 1 aliphatic carbocycles. The Morgan fingerprint density at radius 2 is 2.00 bits per heavy atom. The van der Waals surface area contributed by atoms with Gasteiger partial charge in [0, 0.05) is 19.6 Å². The third-order valence-corrected chi connectivity index (χ3v) is 3.71. The van der Waals surface area contributed by atoms with Gasteiger partial charge >= 0.3 is 0 Å². The molecule has 0 aromatic carbocycles. The third kappa shape index (κ3) is 3.70.